The summed E-state index contributed by atoms with van der Waals surface area (Å²) in [5.41, 5.74) is 3.96. The van der Waals surface area contributed by atoms with Gasteiger partial charge in [0.15, 0.2) is 0 Å². The summed E-state index contributed by atoms with van der Waals surface area (Å²) in [6.07, 6.45) is 9.75. The molecule has 1 nitrogen and oxygen atoms in total. The van der Waals surface area contributed by atoms with Crippen molar-refractivity contribution in [2.45, 2.75) is 44.9 Å². The minimum Gasteiger partial charge on any atom is -0.298 e. The van der Waals surface area contributed by atoms with Crippen molar-refractivity contribution >= 4 is 6.29 Å². The van der Waals surface area contributed by atoms with Crippen LogP contribution in [0.4, 0.5) is 0 Å². The molecule has 0 heterocycles. The van der Waals surface area contributed by atoms with Crippen molar-refractivity contribution in [1.29, 1.82) is 0 Å². The first kappa shape index (κ1) is 14.0. The van der Waals surface area contributed by atoms with Crippen LogP contribution in [0.3, 0.4) is 0 Å². The number of hydrogen-bond acceptors (Lipinski definition) is 1. The second kappa shape index (κ2) is 4.82. The molecule has 0 saturated heterocycles. The predicted molar refractivity (Wildman–Crippen MR) is 92.6 cm³/mol. The molecule has 8 unspecified atom stereocenters. The highest BCUT2D eigenvalue weighted by Gasteiger charge is 2.65. The molecule has 0 amide bonds. The van der Waals surface area contributed by atoms with E-state index < -0.39 is 0 Å². The fourth-order valence-electron chi connectivity index (χ4n) is 7.44. The van der Waals surface area contributed by atoms with Gasteiger partial charge in [0.25, 0.3) is 0 Å². The van der Waals surface area contributed by atoms with E-state index in [1.54, 1.807) is 0 Å². The van der Waals surface area contributed by atoms with E-state index in [0.717, 1.165) is 53.3 Å². The van der Waals surface area contributed by atoms with Gasteiger partial charge in [-0.15, -0.1) is 0 Å². The molecule has 120 valence electrons. The molecular formula is C22H26O. The molecule has 4 bridgehead atoms. The Labute approximate surface area is 139 Å². The Balaban J connectivity index is 1.56. The average Bonchev–Trinajstić information content (AvgIpc) is 3.29. The van der Waals surface area contributed by atoms with E-state index in [9.17, 15) is 4.79 Å². The largest absolute Gasteiger partial charge is 0.298 e. The van der Waals surface area contributed by atoms with Gasteiger partial charge >= 0.3 is 0 Å². The highest BCUT2D eigenvalue weighted by Crippen LogP contribution is 2.74. The molecule has 8 atom stereocenters. The van der Waals surface area contributed by atoms with Crippen molar-refractivity contribution in [2.75, 3.05) is 0 Å². The summed E-state index contributed by atoms with van der Waals surface area (Å²) in [4.78, 5) is 11.5. The van der Waals surface area contributed by atoms with Crippen LogP contribution in [0.15, 0.2) is 30.4 Å². The molecule has 5 rings (SSSR count). The summed E-state index contributed by atoms with van der Waals surface area (Å²) >= 11 is 0. The molecule has 23 heavy (non-hydrogen) atoms. The Bertz CT molecular complexity index is 687. The minimum atomic E-state index is 0.678. The van der Waals surface area contributed by atoms with E-state index >= 15 is 0 Å². The van der Waals surface area contributed by atoms with Crippen LogP contribution in [0, 0.1) is 35.5 Å². The van der Waals surface area contributed by atoms with Crippen LogP contribution in [0.1, 0.15) is 66.4 Å². The average molecular weight is 306 g/mol. The molecule has 4 aliphatic rings. The van der Waals surface area contributed by atoms with Crippen molar-refractivity contribution in [3.8, 4) is 0 Å². The number of aldehydes is 1. The van der Waals surface area contributed by atoms with Gasteiger partial charge in [-0.1, -0.05) is 37.3 Å². The molecule has 1 heteroatoms. The van der Waals surface area contributed by atoms with Gasteiger partial charge in [0.2, 0.25) is 0 Å². The molecule has 0 N–H and O–H groups in total. The summed E-state index contributed by atoms with van der Waals surface area (Å²) in [7, 11) is 0. The Hall–Kier alpha value is -1.37. The molecule has 0 aromatic heterocycles. The van der Waals surface area contributed by atoms with Gasteiger partial charge in [-0.2, -0.15) is 0 Å². The maximum absolute atomic E-state index is 11.5. The Morgan fingerprint density at radius 3 is 2.74 bits per heavy atom. The van der Waals surface area contributed by atoms with Crippen LogP contribution < -0.4 is 0 Å². The lowest BCUT2D eigenvalue weighted by Gasteiger charge is -2.43. The van der Waals surface area contributed by atoms with Gasteiger partial charge in [0, 0.05) is 5.56 Å². The highest BCUT2D eigenvalue weighted by atomic mass is 16.1. The summed E-state index contributed by atoms with van der Waals surface area (Å²) in [5, 5.41) is 0. The number of rotatable bonds is 3. The van der Waals surface area contributed by atoms with Crippen LogP contribution in [0.5, 0.6) is 0 Å². The van der Waals surface area contributed by atoms with Crippen molar-refractivity contribution < 1.29 is 4.79 Å². The predicted octanol–water partition coefficient (Wildman–Crippen LogP) is 5.18. The highest BCUT2D eigenvalue weighted by molar-refractivity contribution is 5.79. The SMILES string of the molecule is C/C=C\CC1C(C)C2CC1C1C3CC(c4cccc(C=O)c43)C21. The van der Waals surface area contributed by atoms with Gasteiger partial charge in [-0.3, -0.25) is 4.79 Å². The topological polar surface area (TPSA) is 17.1 Å². The number of carbonyl (C=O) groups excluding carboxylic acids is 1. The summed E-state index contributed by atoms with van der Waals surface area (Å²) in [6, 6.07) is 6.45. The molecule has 0 radical (unpaired) electrons. The summed E-state index contributed by atoms with van der Waals surface area (Å²) < 4.78 is 0. The third-order valence-corrected chi connectivity index (χ3v) is 8.03. The zero-order valence-corrected chi connectivity index (χ0v) is 14.1. The minimum absolute atomic E-state index is 0.678. The van der Waals surface area contributed by atoms with E-state index in [-0.39, 0.29) is 0 Å². The van der Waals surface area contributed by atoms with Crippen molar-refractivity contribution in [2.24, 2.45) is 35.5 Å². The van der Waals surface area contributed by atoms with Crippen LogP contribution in [-0.4, -0.2) is 6.29 Å². The van der Waals surface area contributed by atoms with Crippen LogP contribution in [0.2, 0.25) is 0 Å². The zero-order chi connectivity index (χ0) is 15.7. The Morgan fingerprint density at radius 1 is 1.13 bits per heavy atom. The van der Waals surface area contributed by atoms with Gasteiger partial charge in [0.05, 0.1) is 0 Å². The number of carbonyl (C=O) groups is 1. The van der Waals surface area contributed by atoms with E-state index in [2.05, 4.69) is 38.1 Å². The summed E-state index contributed by atoms with van der Waals surface area (Å²) in [6.45, 7) is 4.66. The number of fused-ring (bicyclic) bond motifs is 12. The normalized spacial score (nSPS) is 45.7. The van der Waals surface area contributed by atoms with E-state index in [4.69, 9.17) is 0 Å². The maximum Gasteiger partial charge on any atom is 0.150 e. The molecule has 3 saturated carbocycles. The van der Waals surface area contributed by atoms with E-state index in [1.807, 2.05) is 6.07 Å². The monoisotopic (exact) mass is 306 g/mol. The van der Waals surface area contributed by atoms with Crippen LogP contribution in [-0.2, 0) is 0 Å². The first-order valence-electron chi connectivity index (χ1n) is 9.45. The van der Waals surface area contributed by atoms with Crippen molar-refractivity contribution in [3.05, 3.63) is 47.0 Å². The van der Waals surface area contributed by atoms with Gasteiger partial charge in [-0.25, -0.2) is 0 Å². The Kier molecular flexibility index (Phi) is 2.93. The fourth-order valence-corrected chi connectivity index (χ4v) is 7.44. The summed E-state index contributed by atoms with van der Waals surface area (Å²) in [5.74, 6) is 6.80. The zero-order valence-electron chi connectivity index (χ0n) is 14.1. The standard InChI is InChI=1S/C22H26O/c1-3-4-7-14-12(2)16-9-17(14)22-19-10-18(21(16)22)15-8-5-6-13(11-23)20(15)19/h3-6,8,11-12,14,16-19,21-22H,7,9-10H2,1-2H3/b4-3-. The first-order chi connectivity index (χ1) is 11.3. The van der Waals surface area contributed by atoms with E-state index in [0.29, 0.717) is 5.92 Å². The van der Waals surface area contributed by atoms with Crippen LogP contribution >= 0.6 is 0 Å². The lowest BCUT2D eigenvalue weighted by atomic mass is 9.61. The first-order valence-corrected chi connectivity index (χ1v) is 9.45. The molecule has 1 aromatic rings. The third-order valence-electron chi connectivity index (χ3n) is 8.03. The molecule has 3 fully saturated rings. The Morgan fingerprint density at radius 2 is 1.96 bits per heavy atom. The molecule has 4 aliphatic carbocycles. The lowest BCUT2D eigenvalue weighted by molar-refractivity contribution is 0.105. The van der Waals surface area contributed by atoms with Crippen LogP contribution in [0.25, 0.3) is 0 Å². The smallest absolute Gasteiger partial charge is 0.150 e. The second-order valence-corrected chi connectivity index (χ2v) is 8.46. The molecule has 1 aromatic carbocycles. The maximum atomic E-state index is 11.5. The molecule has 0 aliphatic heterocycles. The second-order valence-electron chi connectivity index (χ2n) is 8.46. The quantitative estimate of drug-likeness (QED) is 0.427. The third kappa shape index (κ3) is 1.61. The van der Waals surface area contributed by atoms with Crippen molar-refractivity contribution in [3.63, 3.8) is 0 Å². The van der Waals surface area contributed by atoms with E-state index in [1.165, 1.54) is 30.4 Å². The van der Waals surface area contributed by atoms with Gasteiger partial charge in [-0.05, 0) is 84.7 Å². The van der Waals surface area contributed by atoms with Crippen molar-refractivity contribution in [1.82, 2.24) is 0 Å². The number of allylic oxidation sites excluding steroid dienone is 2. The molecule has 0 spiro atoms. The fraction of sp³-hybridized carbons (Fsp3) is 0.591. The van der Waals surface area contributed by atoms with Gasteiger partial charge < -0.3 is 0 Å². The molecular weight excluding hydrogens is 280 g/mol. The number of hydrogen-bond donors (Lipinski definition) is 0. The lowest BCUT2D eigenvalue weighted by Crippen LogP contribution is -2.36. The number of benzene rings is 1. The van der Waals surface area contributed by atoms with Gasteiger partial charge in [0.1, 0.15) is 6.29 Å².